The van der Waals surface area contributed by atoms with Crippen molar-refractivity contribution in [3.8, 4) is 0 Å². The fourth-order valence-electron chi connectivity index (χ4n) is 1.46. The van der Waals surface area contributed by atoms with Crippen molar-refractivity contribution in [1.29, 1.82) is 0 Å². The number of carboxylic acid groups (broad SMARTS) is 1. The lowest BCUT2D eigenvalue weighted by Gasteiger charge is -2.10. The van der Waals surface area contributed by atoms with Gasteiger partial charge in [0.05, 0.1) is 19.4 Å². The lowest BCUT2D eigenvalue weighted by atomic mass is 10.0. The van der Waals surface area contributed by atoms with Gasteiger partial charge in [-0.05, 0) is 39.0 Å². The van der Waals surface area contributed by atoms with Crippen molar-refractivity contribution in [1.82, 2.24) is 0 Å². The largest absolute Gasteiger partial charge is 0.481 e. The Labute approximate surface area is 109 Å². The first-order chi connectivity index (χ1) is 8.41. The second-order valence-electron chi connectivity index (χ2n) is 4.87. The van der Waals surface area contributed by atoms with Crippen LogP contribution in [-0.4, -0.2) is 23.7 Å². The van der Waals surface area contributed by atoms with Crippen molar-refractivity contribution in [2.75, 3.05) is 6.61 Å². The molecule has 1 atom stereocenters. The third-order valence-corrected chi connectivity index (χ3v) is 2.63. The fourth-order valence-corrected chi connectivity index (χ4v) is 1.46. The Morgan fingerprint density at radius 1 is 1.22 bits per heavy atom. The lowest BCUT2D eigenvalue weighted by Crippen LogP contribution is -2.10. The Balaban J connectivity index is 3.55. The van der Waals surface area contributed by atoms with Crippen LogP contribution in [0.2, 0.25) is 0 Å². The average Bonchev–Trinajstić information content (AvgIpc) is 2.25. The highest BCUT2D eigenvalue weighted by Gasteiger charge is 2.07. The van der Waals surface area contributed by atoms with Crippen molar-refractivity contribution in [2.24, 2.45) is 5.92 Å². The quantitative estimate of drug-likeness (QED) is 0.508. The Kier molecular flexibility index (Phi) is 8.97. The van der Waals surface area contributed by atoms with Crippen molar-refractivity contribution in [3.63, 3.8) is 0 Å². The normalized spacial score (nSPS) is 11.7. The van der Waals surface area contributed by atoms with Crippen LogP contribution in [0.1, 0.15) is 52.9 Å². The molecule has 0 radical (unpaired) electrons. The molecule has 0 aromatic carbocycles. The van der Waals surface area contributed by atoms with Crippen LogP contribution in [0.25, 0.3) is 0 Å². The number of carbonyl (C=O) groups is 2. The second-order valence-corrected chi connectivity index (χ2v) is 4.87. The molecule has 4 heteroatoms. The van der Waals surface area contributed by atoms with Crippen LogP contribution >= 0.6 is 0 Å². The van der Waals surface area contributed by atoms with Crippen LogP contribution in [0.15, 0.2) is 11.6 Å². The monoisotopic (exact) mass is 256 g/mol. The number of carboxylic acids is 1. The van der Waals surface area contributed by atoms with Crippen LogP contribution in [-0.2, 0) is 14.3 Å². The van der Waals surface area contributed by atoms with Crippen molar-refractivity contribution in [2.45, 2.75) is 52.9 Å². The van der Waals surface area contributed by atoms with Gasteiger partial charge in [-0.3, -0.25) is 9.59 Å². The molecular formula is C14H24O4. The molecule has 0 bridgehead atoms. The molecule has 0 heterocycles. The van der Waals surface area contributed by atoms with Gasteiger partial charge < -0.3 is 9.84 Å². The summed E-state index contributed by atoms with van der Waals surface area (Å²) in [7, 11) is 0. The predicted molar refractivity (Wildman–Crippen MR) is 70.3 cm³/mol. The Bertz CT molecular complexity index is 290. The molecule has 0 aliphatic carbocycles. The van der Waals surface area contributed by atoms with E-state index < -0.39 is 11.9 Å². The summed E-state index contributed by atoms with van der Waals surface area (Å²) in [4.78, 5) is 21.4. The van der Waals surface area contributed by atoms with Crippen LogP contribution in [0.5, 0.6) is 0 Å². The van der Waals surface area contributed by atoms with Crippen molar-refractivity contribution in [3.05, 3.63) is 11.6 Å². The van der Waals surface area contributed by atoms with Gasteiger partial charge in [0.25, 0.3) is 0 Å². The van der Waals surface area contributed by atoms with Gasteiger partial charge in [0, 0.05) is 0 Å². The molecule has 0 aromatic rings. The maximum absolute atomic E-state index is 11.1. The number of rotatable bonds is 9. The van der Waals surface area contributed by atoms with Crippen molar-refractivity contribution >= 4 is 11.9 Å². The van der Waals surface area contributed by atoms with Crippen LogP contribution in [0, 0.1) is 5.92 Å². The topological polar surface area (TPSA) is 63.6 Å². The number of carbonyl (C=O) groups excluding carboxylic acids is 1. The van der Waals surface area contributed by atoms with Crippen LogP contribution < -0.4 is 0 Å². The van der Waals surface area contributed by atoms with Crippen LogP contribution in [0.3, 0.4) is 0 Å². The zero-order valence-corrected chi connectivity index (χ0v) is 11.6. The molecule has 0 aliphatic rings. The summed E-state index contributed by atoms with van der Waals surface area (Å²) in [5.41, 5.74) is 1.32. The number of aliphatic carboxylic acids is 1. The molecule has 0 spiro atoms. The zero-order chi connectivity index (χ0) is 14.0. The Morgan fingerprint density at radius 3 is 2.44 bits per heavy atom. The van der Waals surface area contributed by atoms with Gasteiger partial charge in [-0.1, -0.05) is 18.6 Å². The predicted octanol–water partition coefficient (Wildman–Crippen LogP) is 3.17. The molecule has 0 saturated heterocycles. The molecule has 1 N–H and O–H groups in total. The van der Waals surface area contributed by atoms with Gasteiger partial charge in [-0.2, -0.15) is 0 Å². The number of allylic oxidation sites excluding steroid dienone is 2. The van der Waals surface area contributed by atoms with Gasteiger partial charge in [-0.25, -0.2) is 0 Å². The summed E-state index contributed by atoms with van der Waals surface area (Å²) in [5.74, 6) is -0.885. The van der Waals surface area contributed by atoms with Gasteiger partial charge >= 0.3 is 11.9 Å². The summed E-state index contributed by atoms with van der Waals surface area (Å²) in [6.07, 6.45) is 4.97. The highest BCUT2D eigenvalue weighted by Crippen LogP contribution is 2.12. The Hall–Kier alpha value is -1.32. The van der Waals surface area contributed by atoms with Crippen LogP contribution in [0.4, 0.5) is 0 Å². The molecule has 0 rings (SSSR count). The SMILES string of the molecule is CC(C)=CCCC(C)CCOC(=O)CCC(=O)O. The number of hydrogen-bond donors (Lipinski definition) is 1. The van der Waals surface area contributed by atoms with Crippen molar-refractivity contribution < 1.29 is 19.4 Å². The molecule has 0 aromatic heterocycles. The third-order valence-electron chi connectivity index (χ3n) is 2.63. The smallest absolute Gasteiger partial charge is 0.306 e. The molecule has 0 fully saturated rings. The molecule has 4 nitrogen and oxygen atoms in total. The maximum Gasteiger partial charge on any atom is 0.306 e. The van der Waals surface area contributed by atoms with E-state index in [1.165, 1.54) is 5.57 Å². The third kappa shape index (κ3) is 11.2. The molecule has 18 heavy (non-hydrogen) atoms. The van der Waals surface area contributed by atoms with E-state index in [1.54, 1.807) is 0 Å². The number of esters is 1. The van der Waals surface area contributed by atoms with E-state index in [1.807, 2.05) is 0 Å². The van der Waals surface area contributed by atoms with Gasteiger partial charge in [-0.15, -0.1) is 0 Å². The molecule has 0 amide bonds. The van der Waals surface area contributed by atoms with Gasteiger partial charge in [0.1, 0.15) is 0 Å². The molecule has 0 saturated carbocycles. The summed E-state index contributed by atoms with van der Waals surface area (Å²) in [6, 6.07) is 0. The zero-order valence-electron chi connectivity index (χ0n) is 11.6. The minimum absolute atomic E-state index is 0.0402. The van der Waals surface area contributed by atoms with E-state index in [0.717, 1.165) is 19.3 Å². The van der Waals surface area contributed by atoms with Gasteiger partial charge in [0.2, 0.25) is 0 Å². The van der Waals surface area contributed by atoms with E-state index in [-0.39, 0.29) is 12.8 Å². The number of ether oxygens (including phenoxy) is 1. The lowest BCUT2D eigenvalue weighted by molar-refractivity contribution is -0.148. The van der Waals surface area contributed by atoms with E-state index in [4.69, 9.17) is 9.84 Å². The molecule has 0 aliphatic heterocycles. The summed E-state index contributed by atoms with van der Waals surface area (Å²) < 4.78 is 4.97. The average molecular weight is 256 g/mol. The summed E-state index contributed by atoms with van der Waals surface area (Å²) in [5, 5.41) is 8.40. The molecular weight excluding hydrogens is 232 g/mol. The van der Waals surface area contributed by atoms with E-state index in [0.29, 0.717) is 12.5 Å². The summed E-state index contributed by atoms with van der Waals surface area (Å²) in [6.45, 7) is 6.67. The first kappa shape index (κ1) is 16.7. The standard InChI is InChI=1S/C14H24O4/c1-11(2)5-4-6-12(3)9-10-18-14(17)8-7-13(15)16/h5,12H,4,6-10H2,1-3H3,(H,15,16). The molecule has 104 valence electrons. The minimum atomic E-state index is -0.970. The summed E-state index contributed by atoms with van der Waals surface area (Å²) >= 11 is 0. The maximum atomic E-state index is 11.1. The van der Waals surface area contributed by atoms with E-state index in [9.17, 15) is 9.59 Å². The first-order valence-corrected chi connectivity index (χ1v) is 6.42. The Morgan fingerprint density at radius 2 is 1.89 bits per heavy atom. The van der Waals surface area contributed by atoms with Gasteiger partial charge in [0.15, 0.2) is 0 Å². The number of hydrogen-bond acceptors (Lipinski definition) is 3. The van der Waals surface area contributed by atoms with E-state index >= 15 is 0 Å². The second kappa shape index (κ2) is 9.68. The minimum Gasteiger partial charge on any atom is -0.481 e. The first-order valence-electron chi connectivity index (χ1n) is 6.42. The highest BCUT2D eigenvalue weighted by atomic mass is 16.5. The molecule has 1 unspecified atom stereocenters. The fraction of sp³-hybridized carbons (Fsp3) is 0.714. The van der Waals surface area contributed by atoms with E-state index in [2.05, 4.69) is 26.8 Å². The highest BCUT2D eigenvalue weighted by molar-refractivity contribution is 5.76.